The van der Waals surface area contributed by atoms with Gasteiger partial charge >= 0.3 is 0 Å². The van der Waals surface area contributed by atoms with Crippen molar-refractivity contribution in [1.29, 1.82) is 0 Å². The number of rotatable bonds is 8. The van der Waals surface area contributed by atoms with Crippen LogP contribution in [0.3, 0.4) is 0 Å². The van der Waals surface area contributed by atoms with Crippen LogP contribution in [0.15, 0.2) is 64.1 Å². The van der Waals surface area contributed by atoms with E-state index in [2.05, 4.69) is 63.6 Å². The van der Waals surface area contributed by atoms with Crippen molar-refractivity contribution in [2.45, 2.75) is 24.8 Å². The summed E-state index contributed by atoms with van der Waals surface area (Å²) in [6, 6.07) is 14.6. The average Bonchev–Trinajstić information content (AvgIpc) is 2.82. The van der Waals surface area contributed by atoms with Crippen LogP contribution in [0.5, 0.6) is 0 Å². The van der Waals surface area contributed by atoms with Crippen molar-refractivity contribution < 1.29 is 8.42 Å². The van der Waals surface area contributed by atoms with Gasteiger partial charge in [0.25, 0.3) is 0 Å². The van der Waals surface area contributed by atoms with E-state index in [0.717, 1.165) is 31.9 Å². The number of nitrogens with one attached hydrogen (secondary N) is 4. The molecule has 180 valence electrons. The average molecular weight is 546 g/mol. The molecular formula is C23H28BrN7O2S. The Labute approximate surface area is 208 Å². The number of anilines is 5. The second kappa shape index (κ2) is 10.7. The van der Waals surface area contributed by atoms with E-state index in [1.54, 1.807) is 44.3 Å². The zero-order chi connectivity index (χ0) is 24.1. The summed E-state index contributed by atoms with van der Waals surface area (Å²) < 4.78 is 28.3. The zero-order valence-electron chi connectivity index (χ0n) is 19.0. The van der Waals surface area contributed by atoms with Gasteiger partial charge in [0.2, 0.25) is 16.0 Å². The molecule has 1 saturated heterocycles. The summed E-state index contributed by atoms with van der Waals surface area (Å²) in [4.78, 5) is 11.4. The third kappa shape index (κ3) is 6.23. The number of halogens is 1. The van der Waals surface area contributed by atoms with Crippen molar-refractivity contribution in [3.63, 3.8) is 0 Å². The summed E-state index contributed by atoms with van der Waals surface area (Å²) in [7, 11) is -3.60. The van der Waals surface area contributed by atoms with E-state index < -0.39 is 10.0 Å². The number of hydrogen-bond donors (Lipinski definition) is 4. The van der Waals surface area contributed by atoms with Gasteiger partial charge in [0.05, 0.1) is 9.37 Å². The summed E-state index contributed by atoms with van der Waals surface area (Å²) >= 11 is 3.46. The van der Waals surface area contributed by atoms with E-state index in [1.807, 2.05) is 12.1 Å². The second-order valence-electron chi connectivity index (χ2n) is 8.23. The van der Waals surface area contributed by atoms with Crippen LogP contribution in [0.2, 0.25) is 0 Å². The van der Waals surface area contributed by atoms with E-state index in [0.29, 0.717) is 21.9 Å². The van der Waals surface area contributed by atoms with Gasteiger partial charge in [-0.2, -0.15) is 4.98 Å². The Morgan fingerprint density at radius 3 is 2.47 bits per heavy atom. The van der Waals surface area contributed by atoms with Gasteiger partial charge in [-0.15, -0.1) is 0 Å². The minimum Gasteiger partial charge on any atom is -0.369 e. The predicted octanol–water partition coefficient (Wildman–Crippen LogP) is 3.82. The lowest BCUT2D eigenvalue weighted by Crippen LogP contribution is -2.43. The smallest absolute Gasteiger partial charge is 0.240 e. The molecule has 0 aliphatic carbocycles. The molecule has 1 fully saturated rings. The molecule has 1 aliphatic heterocycles. The van der Waals surface area contributed by atoms with Crippen LogP contribution in [-0.4, -0.2) is 50.6 Å². The molecule has 9 nitrogen and oxygen atoms in total. The van der Waals surface area contributed by atoms with Crippen LogP contribution in [0.4, 0.5) is 28.8 Å². The molecule has 0 unspecified atom stereocenters. The second-order valence-corrected chi connectivity index (χ2v) is 10.8. The number of hydrogen-bond acceptors (Lipinski definition) is 8. The van der Waals surface area contributed by atoms with Crippen LogP contribution in [0.1, 0.15) is 13.8 Å². The molecule has 0 bridgehead atoms. The molecule has 11 heteroatoms. The fraction of sp³-hybridized carbons (Fsp3) is 0.304. The first-order valence-corrected chi connectivity index (χ1v) is 13.3. The summed E-state index contributed by atoms with van der Waals surface area (Å²) in [6.07, 6.45) is 1.65. The van der Waals surface area contributed by atoms with Crippen LogP contribution in [0.25, 0.3) is 0 Å². The monoisotopic (exact) mass is 545 g/mol. The molecule has 0 spiro atoms. The first kappa shape index (κ1) is 24.4. The topological polar surface area (TPSA) is 111 Å². The Kier molecular flexibility index (Phi) is 7.67. The van der Waals surface area contributed by atoms with Crippen molar-refractivity contribution in [3.05, 3.63) is 59.2 Å². The molecule has 1 aromatic heterocycles. The molecule has 0 saturated carbocycles. The Hall–Kier alpha value is -2.73. The third-order valence-electron chi connectivity index (χ3n) is 5.15. The zero-order valence-corrected chi connectivity index (χ0v) is 21.4. The highest BCUT2D eigenvalue weighted by Gasteiger charge is 2.16. The molecule has 3 aromatic rings. The van der Waals surface area contributed by atoms with Crippen LogP contribution in [-0.2, 0) is 10.0 Å². The van der Waals surface area contributed by atoms with Crippen LogP contribution < -0.4 is 25.6 Å². The highest BCUT2D eigenvalue weighted by molar-refractivity contribution is 9.10. The predicted molar refractivity (Wildman–Crippen MR) is 140 cm³/mol. The maximum atomic E-state index is 12.5. The van der Waals surface area contributed by atoms with Crippen LogP contribution in [0, 0.1) is 0 Å². The first-order chi connectivity index (χ1) is 16.3. The van der Waals surface area contributed by atoms with Gasteiger partial charge in [-0.3, -0.25) is 0 Å². The Morgan fingerprint density at radius 1 is 1.03 bits per heavy atom. The number of sulfonamides is 1. The van der Waals surface area contributed by atoms with Crippen molar-refractivity contribution in [3.8, 4) is 0 Å². The Bertz CT molecular complexity index is 1230. The maximum absolute atomic E-state index is 12.5. The summed E-state index contributed by atoms with van der Waals surface area (Å²) in [5.41, 5.74) is 2.66. The Morgan fingerprint density at radius 2 is 1.76 bits per heavy atom. The van der Waals surface area contributed by atoms with Crippen molar-refractivity contribution in [2.75, 3.05) is 41.7 Å². The molecule has 2 aromatic carbocycles. The van der Waals surface area contributed by atoms with E-state index >= 15 is 0 Å². The lowest BCUT2D eigenvalue weighted by Gasteiger charge is -2.29. The molecule has 4 N–H and O–H groups in total. The van der Waals surface area contributed by atoms with Gasteiger partial charge in [0, 0.05) is 55.5 Å². The number of aromatic nitrogens is 2. The Balaban J connectivity index is 1.48. The molecule has 4 rings (SSSR count). The fourth-order valence-corrected chi connectivity index (χ4v) is 5.17. The van der Waals surface area contributed by atoms with Crippen LogP contribution >= 0.6 is 15.9 Å². The molecule has 0 amide bonds. The van der Waals surface area contributed by atoms with Gasteiger partial charge in [-0.1, -0.05) is 6.07 Å². The minimum atomic E-state index is -3.60. The number of piperazine rings is 1. The molecule has 2 heterocycles. The van der Waals surface area contributed by atoms with Crippen molar-refractivity contribution in [1.82, 2.24) is 20.0 Å². The molecule has 34 heavy (non-hydrogen) atoms. The van der Waals surface area contributed by atoms with Gasteiger partial charge in [-0.25, -0.2) is 18.1 Å². The fourth-order valence-electron chi connectivity index (χ4n) is 3.58. The SMILES string of the molecule is CC(C)NS(=O)(=O)c1cccc(Nc2nc(Nc3ccc(N4CCNCC4)cc3)ncc2Br)c1. The lowest BCUT2D eigenvalue weighted by atomic mass is 10.2. The minimum absolute atomic E-state index is 0.180. The van der Waals surface area contributed by atoms with Gasteiger partial charge < -0.3 is 20.9 Å². The highest BCUT2D eigenvalue weighted by Crippen LogP contribution is 2.27. The molecular weight excluding hydrogens is 518 g/mol. The van der Waals surface area contributed by atoms with Crippen molar-refractivity contribution >= 4 is 54.8 Å². The van der Waals surface area contributed by atoms with E-state index in [1.165, 1.54) is 5.69 Å². The van der Waals surface area contributed by atoms with Gasteiger partial charge in [-0.05, 0) is 72.2 Å². The van der Waals surface area contributed by atoms with Gasteiger partial charge in [0.15, 0.2) is 0 Å². The lowest BCUT2D eigenvalue weighted by molar-refractivity contribution is 0.570. The summed E-state index contributed by atoms with van der Waals surface area (Å²) in [5.74, 6) is 0.937. The van der Waals surface area contributed by atoms with E-state index in [9.17, 15) is 8.42 Å². The number of benzene rings is 2. The summed E-state index contributed by atoms with van der Waals surface area (Å²) in [5, 5.41) is 9.76. The van der Waals surface area contributed by atoms with E-state index in [-0.39, 0.29) is 10.9 Å². The number of nitrogens with zero attached hydrogens (tertiary/aromatic N) is 3. The largest absolute Gasteiger partial charge is 0.369 e. The molecule has 1 aliphatic rings. The first-order valence-electron chi connectivity index (χ1n) is 11.0. The normalized spacial score (nSPS) is 14.3. The van der Waals surface area contributed by atoms with Crippen molar-refractivity contribution in [2.24, 2.45) is 0 Å². The molecule has 0 radical (unpaired) electrons. The maximum Gasteiger partial charge on any atom is 0.240 e. The van der Waals surface area contributed by atoms with E-state index in [4.69, 9.17) is 0 Å². The molecule has 0 atom stereocenters. The third-order valence-corrected chi connectivity index (χ3v) is 7.38. The summed E-state index contributed by atoms with van der Waals surface area (Å²) in [6.45, 7) is 7.54. The standard InChI is InChI=1S/C23H28BrN7O2S/c1-16(2)30-34(32,33)20-5-3-4-18(14-20)27-22-21(24)15-26-23(29-22)28-17-6-8-19(9-7-17)31-12-10-25-11-13-31/h3-9,14-16,25,30H,10-13H2,1-2H3,(H2,26,27,28,29). The highest BCUT2D eigenvalue weighted by atomic mass is 79.9. The quantitative estimate of drug-likeness (QED) is 0.338. The van der Waals surface area contributed by atoms with Gasteiger partial charge in [0.1, 0.15) is 5.82 Å².